The first-order valence-corrected chi connectivity index (χ1v) is 10.8. The van der Waals surface area contributed by atoms with Crippen LogP contribution in [0, 0.1) is 6.92 Å². The number of amidine groups is 1. The van der Waals surface area contributed by atoms with E-state index in [1.807, 2.05) is 31.2 Å². The van der Waals surface area contributed by atoms with Gasteiger partial charge in [0.2, 0.25) is 0 Å². The first-order chi connectivity index (χ1) is 15.0. The maximum absolute atomic E-state index is 7.01. The zero-order valence-corrected chi connectivity index (χ0v) is 17.6. The number of hydrogen-bond acceptors (Lipinski definition) is 9. The van der Waals surface area contributed by atoms with Crippen molar-refractivity contribution in [1.82, 2.24) is 15.0 Å². The number of fused-ring (bicyclic) bond motifs is 4. The second-order valence-electron chi connectivity index (χ2n) is 8.02. The summed E-state index contributed by atoms with van der Waals surface area (Å²) in [6.07, 6.45) is 10.2. The smallest absolute Gasteiger partial charge is 0.283 e. The molecule has 0 aromatic carbocycles. The minimum Gasteiger partial charge on any atom is -0.465 e. The van der Waals surface area contributed by atoms with Gasteiger partial charge < -0.3 is 20.9 Å². The lowest BCUT2D eigenvalue weighted by molar-refractivity contribution is 0.207. The number of thiazole rings is 1. The van der Waals surface area contributed by atoms with Gasteiger partial charge in [-0.2, -0.15) is 0 Å². The Balaban J connectivity index is 1.54. The van der Waals surface area contributed by atoms with Crippen LogP contribution in [0.1, 0.15) is 29.1 Å². The highest BCUT2D eigenvalue weighted by atomic mass is 32.1. The number of hydrogen-bond donors (Lipinski definition) is 2. The van der Waals surface area contributed by atoms with Crippen LogP contribution in [-0.2, 0) is 15.8 Å². The van der Waals surface area contributed by atoms with Crippen molar-refractivity contribution in [3.8, 4) is 5.75 Å². The molecule has 2 unspecified atom stereocenters. The van der Waals surface area contributed by atoms with Crippen LogP contribution in [0.25, 0.3) is 10.2 Å². The van der Waals surface area contributed by atoms with Gasteiger partial charge in [0.05, 0.1) is 33.7 Å². The fourth-order valence-corrected chi connectivity index (χ4v) is 5.58. The van der Waals surface area contributed by atoms with Gasteiger partial charge in [0, 0.05) is 36.4 Å². The molecule has 0 fully saturated rings. The van der Waals surface area contributed by atoms with E-state index in [1.165, 1.54) is 0 Å². The number of aliphatic imine (C=N–C) groups is 1. The number of ether oxygens (including phenoxy) is 2. The minimum absolute atomic E-state index is 0.162. The Morgan fingerprint density at radius 3 is 3.00 bits per heavy atom. The van der Waals surface area contributed by atoms with Gasteiger partial charge in [0.25, 0.3) is 6.02 Å². The molecule has 0 saturated carbocycles. The fourth-order valence-electron chi connectivity index (χ4n) is 4.76. The van der Waals surface area contributed by atoms with Crippen LogP contribution in [0.15, 0.2) is 59.2 Å². The predicted molar refractivity (Wildman–Crippen MR) is 118 cm³/mol. The maximum atomic E-state index is 7.01. The van der Waals surface area contributed by atoms with Crippen molar-refractivity contribution in [2.24, 2.45) is 16.5 Å². The van der Waals surface area contributed by atoms with Crippen LogP contribution < -0.4 is 16.2 Å². The first-order valence-electron chi connectivity index (χ1n) is 10.0. The summed E-state index contributed by atoms with van der Waals surface area (Å²) in [6, 6.07) is 4.07. The van der Waals surface area contributed by atoms with E-state index in [-0.39, 0.29) is 6.02 Å². The van der Waals surface area contributed by atoms with Crippen molar-refractivity contribution in [2.75, 3.05) is 6.61 Å². The number of aryl methyl sites for hydroxylation is 1. The third-order valence-corrected chi connectivity index (χ3v) is 7.05. The largest absolute Gasteiger partial charge is 0.465 e. The summed E-state index contributed by atoms with van der Waals surface area (Å²) in [5.74, 6) is 1.39. The zero-order chi connectivity index (χ0) is 21.2. The van der Waals surface area contributed by atoms with Crippen molar-refractivity contribution in [3.63, 3.8) is 0 Å². The van der Waals surface area contributed by atoms with Gasteiger partial charge in [-0.1, -0.05) is 6.08 Å². The van der Waals surface area contributed by atoms with E-state index in [0.29, 0.717) is 25.2 Å². The number of nitrogens with two attached hydrogens (primary N) is 2. The van der Waals surface area contributed by atoms with E-state index in [1.54, 1.807) is 29.9 Å². The number of pyridine rings is 2. The quantitative estimate of drug-likeness (QED) is 0.606. The van der Waals surface area contributed by atoms with Crippen molar-refractivity contribution >= 4 is 27.6 Å². The average Bonchev–Trinajstić information content (AvgIpc) is 3.15. The molecule has 0 saturated heterocycles. The van der Waals surface area contributed by atoms with Crippen LogP contribution in [0.2, 0.25) is 0 Å². The molecule has 5 heterocycles. The second kappa shape index (κ2) is 6.35. The SMILES string of the molecule is Cc1nc2c(C3(N)C=CC4=C(C3)C3(CCOC(N)=N3)c3ccncc3O4)nccc2s1. The molecule has 3 aromatic heterocycles. The molecule has 2 atom stereocenters. The molecule has 31 heavy (non-hydrogen) atoms. The number of allylic oxidation sites excluding steroid dienone is 1. The maximum Gasteiger partial charge on any atom is 0.283 e. The Morgan fingerprint density at radius 1 is 1.23 bits per heavy atom. The predicted octanol–water partition coefficient (Wildman–Crippen LogP) is 2.79. The molecule has 9 heteroatoms. The Labute approximate surface area is 182 Å². The Morgan fingerprint density at radius 2 is 2.13 bits per heavy atom. The Bertz CT molecular complexity index is 1330. The van der Waals surface area contributed by atoms with E-state index in [2.05, 4.69) is 9.97 Å². The normalized spacial score (nSPS) is 26.8. The molecule has 6 rings (SSSR count). The Kier molecular flexibility index (Phi) is 3.78. The van der Waals surface area contributed by atoms with Crippen LogP contribution in [0.5, 0.6) is 5.75 Å². The molecule has 4 N–H and O–H groups in total. The number of nitrogens with zero attached hydrogens (tertiary/aromatic N) is 4. The second-order valence-corrected chi connectivity index (χ2v) is 9.25. The molecule has 1 spiro atoms. The number of aromatic nitrogens is 3. The summed E-state index contributed by atoms with van der Waals surface area (Å²) in [4.78, 5) is 18.4. The lowest BCUT2D eigenvalue weighted by atomic mass is 9.70. The molecule has 0 amide bonds. The van der Waals surface area contributed by atoms with Gasteiger partial charge in [0.1, 0.15) is 16.8 Å². The van der Waals surface area contributed by atoms with Crippen LogP contribution in [-0.4, -0.2) is 27.6 Å². The third kappa shape index (κ3) is 2.63. The molecular weight excluding hydrogens is 412 g/mol. The molecule has 1 aliphatic carbocycles. The van der Waals surface area contributed by atoms with Crippen molar-refractivity contribution in [1.29, 1.82) is 0 Å². The molecule has 0 radical (unpaired) electrons. The molecule has 3 aromatic rings. The molecule has 3 aliphatic rings. The summed E-state index contributed by atoms with van der Waals surface area (Å²) in [5, 5.41) is 0.980. The molecule has 156 valence electrons. The van der Waals surface area contributed by atoms with Gasteiger partial charge in [-0.25, -0.2) is 9.98 Å². The summed E-state index contributed by atoms with van der Waals surface area (Å²) in [6.45, 7) is 2.44. The Hall–Kier alpha value is -3.30. The van der Waals surface area contributed by atoms with E-state index < -0.39 is 11.1 Å². The first kappa shape index (κ1) is 18.5. The molecule has 2 aliphatic heterocycles. The average molecular weight is 433 g/mol. The number of rotatable bonds is 1. The van der Waals surface area contributed by atoms with Gasteiger partial charge in [-0.3, -0.25) is 9.97 Å². The lowest BCUT2D eigenvalue weighted by Gasteiger charge is -2.44. The van der Waals surface area contributed by atoms with Crippen LogP contribution in [0.3, 0.4) is 0 Å². The van der Waals surface area contributed by atoms with Gasteiger partial charge in [-0.05, 0) is 25.1 Å². The van der Waals surface area contributed by atoms with Crippen molar-refractivity contribution in [3.05, 3.63) is 70.5 Å². The molecule has 0 bridgehead atoms. The van der Waals surface area contributed by atoms with E-state index >= 15 is 0 Å². The van der Waals surface area contributed by atoms with Crippen LogP contribution in [0.4, 0.5) is 0 Å². The fraction of sp³-hybridized carbons (Fsp3) is 0.273. The van der Waals surface area contributed by atoms with Crippen molar-refractivity contribution < 1.29 is 9.47 Å². The minimum atomic E-state index is -0.859. The van der Waals surface area contributed by atoms with Gasteiger partial charge in [-0.15, -0.1) is 11.3 Å². The summed E-state index contributed by atoms with van der Waals surface area (Å²) >= 11 is 1.64. The van der Waals surface area contributed by atoms with Gasteiger partial charge >= 0.3 is 0 Å². The highest BCUT2D eigenvalue weighted by Gasteiger charge is 2.49. The highest BCUT2D eigenvalue weighted by molar-refractivity contribution is 7.18. The van der Waals surface area contributed by atoms with Crippen LogP contribution >= 0.6 is 11.3 Å². The van der Waals surface area contributed by atoms with Crippen molar-refractivity contribution in [2.45, 2.75) is 30.8 Å². The molecular formula is C22H20N6O2S. The topological polar surface area (TPSA) is 122 Å². The third-order valence-electron chi connectivity index (χ3n) is 6.12. The van der Waals surface area contributed by atoms with Gasteiger partial charge in [0.15, 0.2) is 5.75 Å². The lowest BCUT2D eigenvalue weighted by Crippen LogP contribution is -2.46. The zero-order valence-electron chi connectivity index (χ0n) is 16.8. The summed E-state index contributed by atoms with van der Waals surface area (Å²) < 4.78 is 12.8. The molecule has 8 nitrogen and oxygen atoms in total. The highest BCUT2D eigenvalue weighted by Crippen LogP contribution is 2.53. The van der Waals surface area contributed by atoms with E-state index in [0.717, 1.165) is 37.8 Å². The summed E-state index contributed by atoms with van der Waals surface area (Å²) in [5.41, 5.74) is 15.0. The summed E-state index contributed by atoms with van der Waals surface area (Å²) in [7, 11) is 0. The standard InChI is InChI=1S/C22H20N6O2S/c1-12-27-18-17(31-12)4-8-26-19(18)21(24)5-2-15-14(10-21)22(6-9-29-20(23)28-22)13-3-7-25-11-16(13)30-15/h2-5,7-8,11H,6,9-10,24H2,1H3,(H2,23,28). The van der Waals surface area contributed by atoms with E-state index in [4.69, 9.17) is 30.9 Å². The van der Waals surface area contributed by atoms with E-state index in [9.17, 15) is 0 Å². The monoisotopic (exact) mass is 432 g/mol.